The summed E-state index contributed by atoms with van der Waals surface area (Å²) in [5.74, 6) is -0.103. The molecule has 1 saturated carbocycles. The van der Waals surface area contributed by atoms with Crippen molar-refractivity contribution in [3.05, 3.63) is 65.2 Å². The van der Waals surface area contributed by atoms with Gasteiger partial charge >= 0.3 is 0 Å². The van der Waals surface area contributed by atoms with Crippen molar-refractivity contribution in [2.45, 2.75) is 57.5 Å². The average molecular weight is 483 g/mol. The van der Waals surface area contributed by atoms with E-state index in [1.807, 2.05) is 24.3 Å². The van der Waals surface area contributed by atoms with E-state index in [9.17, 15) is 18.0 Å². The van der Waals surface area contributed by atoms with Crippen LogP contribution in [0.15, 0.2) is 53.4 Å². The van der Waals surface area contributed by atoms with E-state index in [0.717, 1.165) is 37.6 Å². The Morgan fingerprint density at radius 3 is 2.15 bits per heavy atom. The fourth-order valence-electron chi connectivity index (χ4n) is 6.03. The van der Waals surface area contributed by atoms with Crippen molar-refractivity contribution in [1.29, 1.82) is 0 Å². The molecule has 1 saturated heterocycles. The lowest BCUT2D eigenvalue weighted by atomic mass is 9.65. The number of rotatable bonds is 5. The highest BCUT2D eigenvalue weighted by atomic mass is 32.2. The number of benzene rings is 2. The van der Waals surface area contributed by atoms with Crippen LogP contribution in [0.5, 0.6) is 0 Å². The van der Waals surface area contributed by atoms with Gasteiger partial charge in [-0.15, -0.1) is 0 Å². The molecule has 0 spiro atoms. The standard InChI is InChI=1S/C27H34N2O4S/c1-26(2)14-22-15-27(3,17-26)18-29(22)25(31)21-8-6-19(7-9-21)16-28(4)24(30)20-10-12-23(13-11-20)34(5,32)33/h6-13,22H,14-18H2,1-5H3. The van der Waals surface area contributed by atoms with Crippen LogP contribution in [0, 0.1) is 10.8 Å². The van der Waals surface area contributed by atoms with Crippen molar-refractivity contribution in [1.82, 2.24) is 9.80 Å². The van der Waals surface area contributed by atoms with Crippen molar-refractivity contribution in [2.24, 2.45) is 10.8 Å². The first-order valence-corrected chi connectivity index (χ1v) is 13.6. The second-order valence-electron chi connectivity index (χ2n) is 11.3. The highest BCUT2D eigenvalue weighted by molar-refractivity contribution is 7.90. The maximum absolute atomic E-state index is 13.3. The molecule has 2 amide bonds. The summed E-state index contributed by atoms with van der Waals surface area (Å²) in [6.45, 7) is 8.12. The molecule has 1 heterocycles. The SMILES string of the molecule is CN(Cc1ccc(C(=O)N2CC3(C)CC2CC(C)(C)C3)cc1)C(=O)c1ccc(S(C)(=O)=O)cc1. The number of carbonyl (C=O) groups is 2. The Labute approximate surface area is 202 Å². The first kappa shape index (κ1) is 24.5. The zero-order chi connectivity index (χ0) is 24.9. The maximum Gasteiger partial charge on any atom is 0.254 e. The number of hydrogen-bond acceptors (Lipinski definition) is 4. The summed E-state index contributed by atoms with van der Waals surface area (Å²) < 4.78 is 23.2. The Kier molecular flexibility index (Phi) is 6.13. The lowest BCUT2D eigenvalue weighted by Gasteiger charge is -2.39. The molecule has 182 valence electrons. The van der Waals surface area contributed by atoms with Gasteiger partial charge in [0.1, 0.15) is 0 Å². The Hall–Kier alpha value is -2.67. The summed E-state index contributed by atoms with van der Waals surface area (Å²) in [5, 5.41) is 0. The van der Waals surface area contributed by atoms with Crippen LogP contribution >= 0.6 is 0 Å². The van der Waals surface area contributed by atoms with Gasteiger partial charge in [-0.05, 0) is 72.1 Å². The van der Waals surface area contributed by atoms with E-state index in [0.29, 0.717) is 23.7 Å². The van der Waals surface area contributed by atoms with Crippen LogP contribution < -0.4 is 0 Å². The molecule has 0 radical (unpaired) electrons. The summed E-state index contributed by atoms with van der Waals surface area (Å²) in [4.78, 5) is 29.9. The quantitative estimate of drug-likeness (QED) is 0.633. The molecule has 2 aromatic carbocycles. The van der Waals surface area contributed by atoms with Gasteiger partial charge in [0.05, 0.1) is 4.90 Å². The molecule has 1 aliphatic carbocycles. The Bertz CT molecular complexity index is 1200. The van der Waals surface area contributed by atoms with Crippen molar-refractivity contribution in [3.63, 3.8) is 0 Å². The van der Waals surface area contributed by atoms with Gasteiger partial charge in [0.25, 0.3) is 11.8 Å². The van der Waals surface area contributed by atoms with Gasteiger partial charge in [-0.3, -0.25) is 9.59 Å². The molecule has 2 fully saturated rings. The number of nitrogens with zero attached hydrogens (tertiary/aromatic N) is 2. The molecule has 0 N–H and O–H groups in total. The van der Waals surface area contributed by atoms with E-state index in [4.69, 9.17) is 0 Å². The van der Waals surface area contributed by atoms with E-state index in [-0.39, 0.29) is 27.5 Å². The van der Waals surface area contributed by atoms with Gasteiger partial charge in [0, 0.05) is 43.6 Å². The van der Waals surface area contributed by atoms with Crippen LogP contribution in [-0.2, 0) is 16.4 Å². The molecule has 6 nitrogen and oxygen atoms in total. The van der Waals surface area contributed by atoms with Crippen LogP contribution in [0.4, 0.5) is 0 Å². The van der Waals surface area contributed by atoms with Gasteiger partial charge in [-0.1, -0.05) is 32.9 Å². The number of carbonyl (C=O) groups excluding carboxylic acids is 2. The molecule has 2 bridgehead atoms. The molecule has 4 rings (SSSR count). The molecule has 0 aromatic heterocycles. The normalized spacial score (nSPS) is 23.6. The molecule has 2 unspecified atom stereocenters. The highest BCUT2D eigenvalue weighted by Crippen LogP contribution is 2.52. The minimum absolute atomic E-state index is 0.0911. The minimum atomic E-state index is -3.30. The van der Waals surface area contributed by atoms with Gasteiger partial charge in [-0.2, -0.15) is 0 Å². The predicted molar refractivity (Wildman–Crippen MR) is 132 cm³/mol. The largest absolute Gasteiger partial charge is 0.337 e. The lowest BCUT2D eigenvalue weighted by molar-refractivity contribution is 0.0707. The van der Waals surface area contributed by atoms with E-state index < -0.39 is 9.84 Å². The number of sulfone groups is 1. The number of fused-ring (bicyclic) bond motifs is 2. The van der Waals surface area contributed by atoms with Crippen molar-refractivity contribution >= 4 is 21.7 Å². The Morgan fingerprint density at radius 2 is 1.56 bits per heavy atom. The molecule has 2 aromatic rings. The van der Waals surface area contributed by atoms with Crippen LogP contribution in [0.2, 0.25) is 0 Å². The van der Waals surface area contributed by atoms with Crippen molar-refractivity contribution in [3.8, 4) is 0 Å². The number of amides is 2. The van der Waals surface area contributed by atoms with Gasteiger partial charge < -0.3 is 9.80 Å². The molecular weight excluding hydrogens is 448 g/mol. The first-order chi connectivity index (χ1) is 15.8. The molecule has 34 heavy (non-hydrogen) atoms. The van der Waals surface area contributed by atoms with Crippen LogP contribution in [0.1, 0.15) is 66.3 Å². The molecule has 1 aliphatic heterocycles. The third-order valence-corrected chi connectivity index (χ3v) is 8.30. The fraction of sp³-hybridized carbons (Fsp3) is 0.481. The van der Waals surface area contributed by atoms with Crippen molar-refractivity contribution in [2.75, 3.05) is 19.8 Å². The maximum atomic E-state index is 13.3. The van der Waals surface area contributed by atoms with Crippen LogP contribution in [0.25, 0.3) is 0 Å². The predicted octanol–water partition coefficient (Wildman–Crippen LogP) is 4.40. The number of likely N-dealkylation sites (tertiary alicyclic amines) is 1. The number of hydrogen-bond donors (Lipinski definition) is 0. The third kappa shape index (κ3) is 5.04. The van der Waals surface area contributed by atoms with Gasteiger partial charge in [-0.25, -0.2) is 8.42 Å². The van der Waals surface area contributed by atoms with Crippen molar-refractivity contribution < 1.29 is 18.0 Å². The Morgan fingerprint density at radius 1 is 0.971 bits per heavy atom. The van der Waals surface area contributed by atoms with Crippen LogP contribution in [0.3, 0.4) is 0 Å². The molecule has 2 aliphatic rings. The van der Waals surface area contributed by atoms with E-state index in [1.54, 1.807) is 11.9 Å². The van der Waals surface area contributed by atoms with Gasteiger partial charge in [0.2, 0.25) is 0 Å². The topological polar surface area (TPSA) is 74.8 Å². The molecule has 7 heteroatoms. The highest BCUT2D eigenvalue weighted by Gasteiger charge is 2.51. The Balaban J connectivity index is 1.41. The zero-order valence-electron chi connectivity index (χ0n) is 20.7. The van der Waals surface area contributed by atoms with Gasteiger partial charge in [0.15, 0.2) is 9.84 Å². The van der Waals surface area contributed by atoms with E-state index >= 15 is 0 Å². The summed E-state index contributed by atoms with van der Waals surface area (Å²) in [6, 6.07) is 13.8. The van der Waals surface area contributed by atoms with E-state index in [2.05, 4.69) is 25.7 Å². The summed E-state index contributed by atoms with van der Waals surface area (Å²) in [7, 11) is -1.59. The average Bonchev–Trinajstić information content (AvgIpc) is 3.01. The smallest absolute Gasteiger partial charge is 0.254 e. The molecule has 2 atom stereocenters. The second-order valence-corrected chi connectivity index (χ2v) is 13.3. The summed E-state index contributed by atoms with van der Waals surface area (Å²) in [6.07, 6.45) is 4.42. The third-order valence-electron chi connectivity index (χ3n) is 7.17. The monoisotopic (exact) mass is 482 g/mol. The summed E-state index contributed by atoms with van der Waals surface area (Å²) in [5.41, 5.74) is 2.50. The zero-order valence-corrected chi connectivity index (χ0v) is 21.5. The first-order valence-electron chi connectivity index (χ1n) is 11.7. The summed E-state index contributed by atoms with van der Waals surface area (Å²) >= 11 is 0. The minimum Gasteiger partial charge on any atom is -0.337 e. The fourth-order valence-corrected chi connectivity index (χ4v) is 6.66. The van der Waals surface area contributed by atoms with Crippen LogP contribution in [-0.4, -0.2) is 55.9 Å². The second kappa shape index (κ2) is 8.52. The lowest BCUT2D eigenvalue weighted by Crippen LogP contribution is -2.37. The molecular formula is C27H34N2O4S. The van der Waals surface area contributed by atoms with E-state index in [1.165, 1.54) is 24.3 Å².